The van der Waals surface area contributed by atoms with Crippen LogP contribution in [0.3, 0.4) is 0 Å². The number of allylic oxidation sites excluding steroid dienone is 1. The number of hydrogen-bond donors (Lipinski definition) is 1. The molecule has 5 rings (SSSR count). The Morgan fingerprint density at radius 2 is 1.95 bits per heavy atom. The normalized spacial score (nSPS) is 15.1. The molecule has 0 spiro atoms. The summed E-state index contributed by atoms with van der Waals surface area (Å²) in [5, 5.41) is 12.7. The van der Waals surface area contributed by atoms with Crippen molar-refractivity contribution in [2.24, 2.45) is 0 Å². The Hall–Kier alpha value is -4.90. The Kier molecular flexibility index (Phi) is 6.68. The molecule has 3 heterocycles. The van der Waals surface area contributed by atoms with Crippen LogP contribution in [0.15, 0.2) is 79.4 Å². The highest BCUT2D eigenvalue weighted by Crippen LogP contribution is 2.35. The molecule has 182 valence electrons. The quantitative estimate of drug-likeness (QED) is 0.407. The number of benzene rings is 2. The summed E-state index contributed by atoms with van der Waals surface area (Å²) >= 11 is 0. The number of amides is 2. The maximum absolute atomic E-state index is 12.7. The van der Waals surface area contributed by atoms with Gasteiger partial charge in [-0.25, -0.2) is 15.0 Å². The maximum Gasteiger partial charge on any atom is 0.256 e. The summed E-state index contributed by atoms with van der Waals surface area (Å²) in [6.07, 6.45) is 9.08. The molecule has 2 aromatic heterocycles. The Balaban J connectivity index is 1.41. The minimum atomic E-state index is -0.307. The van der Waals surface area contributed by atoms with E-state index in [1.807, 2.05) is 36.1 Å². The standard InChI is InChI=1S/C29H24N6O2/c1-2-3-27(36)35-11-9-22(17-35)25-14-23(13-24-16-31-18-33-28(24)25)20-4-6-21(7-5-20)29(37)34-26-12-19(15-30)8-10-32-26/h2-8,10,12-14,16,18,22H,9,11,17H2,1H3,(H,32,34,37)/b3-2+. The van der Waals surface area contributed by atoms with Crippen molar-refractivity contribution in [3.05, 3.63) is 96.1 Å². The van der Waals surface area contributed by atoms with Crippen molar-refractivity contribution in [3.63, 3.8) is 0 Å². The second-order valence-electron chi connectivity index (χ2n) is 8.87. The summed E-state index contributed by atoms with van der Waals surface area (Å²) in [5.41, 5.74) is 4.83. The van der Waals surface area contributed by atoms with E-state index in [9.17, 15) is 9.59 Å². The number of fused-ring (bicyclic) bond motifs is 1. The van der Waals surface area contributed by atoms with Crippen molar-refractivity contribution in [2.75, 3.05) is 18.4 Å². The topological polar surface area (TPSA) is 112 Å². The van der Waals surface area contributed by atoms with Gasteiger partial charge in [0.25, 0.3) is 5.91 Å². The first kappa shape index (κ1) is 23.8. The summed E-state index contributed by atoms with van der Waals surface area (Å²) in [6.45, 7) is 3.20. The maximum atomic E-state index is 12.7. The molecule has 2 amide bonds. The zero-order valence-corrected chi connectivity index (χ0v) is 20.3. The van der Waals surface area contributed by atoms with E-state index in [-0.39, 0.29) is 17.7 Å². The molecule has 8 nitrogen and oxygen atoms in total. The number of nitrogens with zero attached hydrogens (tertiary/aromatic N) is 5. The monoisotopic (exact) mass is 488 g/mol. The molecule has 0 radical (unpaired) electrons. The van der Waals surface area contributed by atoms with Gasteiger partial charge >= 0.3 is 0 Å². The molecule has 0 aliphatic carbocycles. The number of rotatable bonds is 5. The van der Waals surface area contributed by atoms with Gasteiger partial charge in [0.2, 0.25) is 5.91 Å². The van der Waals surface area contributed by atoms with E-state index >= 15 is 0 Å². The van der Waals surface area contributed by atoms with Crippen molar-refractivity contribution >= 4 is 28.5 Å². The largest absolute Gasteiger partial charge is 0.339 e. The fourth-order valence-corrected chi connectivity index (χ4v) is 4.64. The Bertz CT molecular complexity index is 1560. The number of nitriles is 1. The van der Waals surface area contributed by atoms with Crippen LogP contribution in [0.4, 0.5) is 5.82 Å². The number of anilines is 1. The fraction of sp³-hybridized carbons (Fsp3) is 0.172. The highest BCUT2D eigenvalue weighted by atomic mass is 16.2. The molecule has 1 aliphatic rings. The first-order valence-electron chi connectivity index (χ1n) is 12.0. The average molecular weight is 489 g/mol. The van der Waals surface area contributed by atoms with Gasteiger partial charge < -0.3 is 10.2 Å². The molecule has 1 N–H and O–H groups in total. The molecule has 1 fully saturated rings. The molecular formula is C29H24N6O2. The van der Waals surface area contributed by atoms with Crippen molar-refractivity contribution in [2.45, 2.75) is 19.3 Å². The van der Waals surface area contributed by atoms with Gasteiger partial charge in [-0.1, -0.05) is 18.2 Å². The van der Waals surface area contributed by atoms with Gasteiger partial charge in [0.15, 0.2) is 0 Å². The number of hydrogen-bond acceptors (Lipinski definition) is 6. The lowest BCUT2D eigenvalue weighted by molar-refractivity contribution is -0.125. The zero-order valence-electron chi connectivity index (χ0n) is 20.3. The third kappa shape index (κ3) is 5.07. The third-order valence-corrected chi connectivity index (χ3v) is 6.50. The van der Waals surface area contributed by atoms with Gasteiger partial charge in [-0.2, -0.15) is 5.26 Å². The number of likely N-dealkylation sites (tertiary alicyclic amines) is 1. The van der Waals surface area contributed by atoms with Gasteiger partial charge in [-0.15, -0.1) is 0 Å². The van der Waals surface area contributed by atoms with Crippen LogP contribution in [0.5, 0.6) is 0 Å². The Labute approximate surface area is 214 Å². The van der Waals surface area contributed by atoms with Gasteiger partial charge in [0.1, 0.15) is 12.1 Å². The Morgan fingerprint density at radius 3 is 2.73 bits per heavy atom. The molecule has 1 saturated heterocycles. The molecule has 0 bridgehead atoms. The molecule has 2 aromatic carbocycles. The van der Waals surface area contributed by atoms with Crippen LogP contribution in [0, 0.1) is 11.3 Å². The Morgan fingerprint density at radius 1 is 1.11 bits per heavy atom. The van der Waals surface area contributed by atoms with E-state index in [1.54, 1.807) is 42.9 Å². The van der Waals surface area contributed by atoms with Crippen LogP contribution in [0.25, 0.3) is 22.0 Å². The van der Waals surface area contributed by atoms with Crippen molar-refractivity contribution in [1.82, 2.24) is 19.9 Å². The zero-order chi connectivity index (χ0) is 25.8. The minimum Gasteiger partial charge on any atom is -0.339 e. The van der Waals surface area contributed by atoms with Crippen LogP contribution in [0.1, 0.15) is 40.7 Å². The van der Waals surface area contributed by atoms with Crippen molar-refractivity contribution in [3.8, 4) is 17.2 Å². The van der Waals surface area contributed by atoms with E-state index in [0.717, 1.165) is 34.0 Å². The van der Waals surface area contributed by atoms with Crippen LogP contribution in [-0.4, -0.2) is 44.8 Å². The highest BCUT2D eigenvalue weighted by Gasteiger charge is 2.28. The lowest BCUT2D eigenvalue weighted by Gasteiger charge is -2.17. The lowest BCUT2D eigenvalue weighted by Crippen LogP contribution is -2.26. The molecule has 1 unspecified atom stereocenters. The van der Waals surface area contributed by atoms with E-state index < -0.39 is 0 Å². The predicted molar refractivity (Wildman–Crippen MR) is 141 cm³/mol. The number of nitrogens with one attached hydrogen (secondary N) is 1. The third-order valence-electron chi connectivity index (χ3n) is 6.50. The van der Waals surface area contributed by atoms with Crippen molar-refractivity contribution in [1.29, 1.82) is 5.26 Å². The summed E-state index contributed by atoms with van der Waals surface area (Å²) < 4.78 is 0. The first-order valence-corrected chi connectivity index (χ1v) is 12.0. The van der Waals surface area contributed by atoms with E-state index in [4.69, 9.17) is 5.26 Å². The van der Waals surface area contributed by atoms with Crippen LogP contribution < -0.4 is 5.32 Å². The molecule has 1 aliphatic heterocycles. The highest BCUT2D eigenvalue weighted by molar-refractivity contribution is 6.04. The number of pyridine rings is 1. The SMILES string of the molecule is C/C=C/C(=O)N1CCC(c2cc(-c3ccc(C(=O)Nc4cc(C#N)ccn4)cc3)cc3cncnc23)C1. The smallest absolute Gasteiger partial charge is 0.256 e. The van der Waals surface area contributed by atoms with Gasteiger partial charge in [0.05, 0.1) is 17.1 Å². The number of aromatic nitrogens is 3. The minimum absolute atomic E-state index is 0.0310. The summed E-state index contributed by atoms with van der Waals surface area (Å²) in [5.74, 6) is 0.223. The van der Waals surface area contributed by atoms with Crippen LogP contribution in [-0.2, 0) is 4.79 Å². The molecule has 8 heteroatoms. The van der Waals surface area contributed by atoms with E-state index in [2.05, 4.69) is 26.3 Å². The molecular weight excluding hydrogens is 464 g/mol. The molecule has 1 atom stereocenters. The lowest BCUT2D eigenvalue weighted by atomic mass is 9.91. The summed E-state index contributed by atoms with van der Waals surface area (Å²) in [4.78, 5) is 39.8. The first-order chi connectivity index (χ1) is 18.1. The van der Waals surface area contributed by atoms with Gasteiger partial charge in [-0.05, 0) is 72.5 Å². The van der Waals surface area contributed by atoms with Crippen LogP contribution in [0.2, 0.25) is 0 Å². The van der Waals surface area contributed by atoms with E-state index in [0.29, 0.717) is 30.0 Å². The summed E-state index contributed by atoms with van der Waals surface area (Å²) in [7, 11) is 0. The summed E-state index contributed by atoms with van der Waals surface area (Å²) in [6, 6.07) is 16.6. The van der Waals surface area contributed by atoms with Gasteiger partial charge in [-0.3, -0.25) is 9.59 Å². The average Bonchev–Trinajstić information content (AvgIpc) is 3.43. The van der Waals surface area contributed by atoms with Gasteiger partial charge in [0, 0.05) is 42.4 Å². The number of carbonyl (C=O) groups excluding carboxylic acids is 2. The predicted octanol–water partition coefficient (Wildman–Crippen LogP) is 4.71. The van der Waals surface area contributed by atoms with Crippen LogP contribution >= 0.6 is 0 Å². The second-order valence-corrected chi connectivity index (χ2v) is 8.87. The molecule has 37 heavy (non-hydrogen) atoms. The van der Waals surface area contributed by atoms with E-state index in [1.165, 1.54) is 12.3 Å². The second kappa shape index (κ2) is 10.4. The molecule has 0 saturated carbocycles. The number of carbonyl (C=O) groups is 2. The fourth-order valence-electron chi connectivity index (χ4n) is 4.64. The van der Waals surface area contributed by atoms with Crippen molar-refractivity contribution < 1.29 is 9.59 Å². The molecule has 4 aromatic rings.